The number of alkyl halides is 1. The van der Waals surface area contributed by atoms with E-state index in [9.17, 15) is 4.39 Å². The maximum Gasteiger partial charge on any atom is 0.134 e. The quantitative estimate of drug-likeness (QED) is 0.510. The van der Waals surface area contributed by atoms with Gasteiger partial charge in [-0.3, -0.25) is 9.67 Å². The molecule has 6 nitrogen and oxygen atoms in total. The Labute approximate surface area is 140 Å². The van der Waals surface area contributed by atoms with Gasteiger partial charge >= 0.3 is 0 Å². The Morgan fingerprint density at radius 2 is 2.23 bits per heavy atom. The molecule has 0 aliphatic heterocycles. The summed E-state index contributed by atoms with van der Waals surface area (Å²) in [7, 11) is 0. The molecule has 0 aromatic carbocycles. The molecule has 1 atom stereocenters. The van der Waals surface area contributed by atoms with E-state index >= 15 is 0 Å². The van der Waals surface area contributed by atoms with E-state index in [0.717, 1.165) is 10.9 Å². The van der Waals surface area contributed by atoms with Crippen molar-refractivity contribution in [2.75, 3.05) is 5.73 Å². The summed E-state index contributed by atoms with van der Waals surface area (Å²) in [4.78, 5) is 4.41. The number of nitrogen functional groups attached to an aromatic ring is 1. The van der Waals surface area contributed by atoms with Crippen LogP contribution in [-0.4, -0.2) is 30.0 Å². The summed E-state index contributed by atoms with van der Waals surface area (Å²) >= 11 is 2.24. The van der Waals surface area contributed by atoms with Crippen LogP contribution in [0.3, 0.4) is 0 Å². The summed E-state index contributed by atoms with van der Waals surface area (Å²) in [5.41, 5.74) is 7.71. The lowest BCUT2D eigenvalue weighted by Crippen LogP contribution is -2.13. The van der Waals surface area contributed by atoms with Gasteiger partial charge in [-0.1, -0.05) is 0 Å². The predicted molar refractivity (Wildman–Crippen MR) is 94.0 cm³/mol. The highest BCUT2D eigenvalue weighted by atomic mass is 127. The minimum Gasteiger partial charge on any atom is -0.396 e. The van der Waals surface area contributed by atoms with Crippen molar-refractivity contribution >= 4 is 45.0 Å². The van der Waals surface area contributed by atoms with Crippen molar-refractivity contribution in [1.82, 2.24) is 24.3 Å². The zero-order chi connectivity index (χ0) is 15.3. The molecule has 114 valence electrons. The zero-order valence-corrected chi connectivity index (χ0v) is 14.7. The maximum absolute atomic E-state index is 14.0. The van der Waals surface area contributed by atoms with Crippen LogP contribution in [0.4, 0.5) is 10.1 Å². The molecule has 3 aromatic rings. The summed E-state index contributed by atoms with van der Waals surface area (Å²) in [5, 5.41) is 9.61. The van der Waals surface area contributed by atoms with E-state index in [-0.39, 0.29) is 0 Å². The first-order valence-electron chi connectivity index (χ1n) is 6.81. The number of fused-ring (bicyclic) bond motifs is 1. The molecule has 3 aromatic heterocycles. The highest BCUT2D eigenvalue weighted by Crippen LogP contribution is 2.41. The first kappa shape index (κ1) is 14.3. The van der Waals surface area contributed by atoms with E-state index in [1.165, 1.54) is 0 Å². The number of aromatic nitrogens is 5. The Hall–Kier alpha value is -1.28. The highest BCUT2D eigenvalue weighted by molar-refractivity contribution is 14.2. The molecule has 0 spiro atoms. The molecular weight excluding hydrogens is 417 g/mol. The van der Waals surface area contributed by atoms with Gasteiger partial charge in [0.25, 0.3) is 0 Å². The Balaban J connectivity index is 1.78. The molecule has 4 rings (SSSR count). The van der Waals surface area contributed by atoms with E-state index in [1.54, 1.807) is 27.7 Å². The molecule has 0 saturated heterocycles. The average molecular weight is 430 g/mol. The Kier molecular flexibility index (Phi) is 3.34. The SMILES string of the molecule is Nc1cn(PI)nc1-c1cc2c(cn1)cnn2CC1(F)CC1. The van der Waals surface area contributed by atoms with Crippen LogP contribution in [0.2, 0.25) is 0 Å². The summed E-state index contributed by atoms with van der Waals surface area (Å²) in [6.07, 6.45) is 6.94. The fraction of sp³-hybridized carbons (Fsp3) is 0.308. The minimum absolute atomic E-state index is 0.291. The van der Waals surface area contributed by atoms with Gasteiger partial charge in [0.05, 0.1) is 42.2 Å². The van der Waals surface area contributed by atoms with E-state index in [0.29, 0.717) is 42.8 Å². The molecule has 0 radical (unpaired) electrons. The van der Waals surface area contributed by atoms with Crippen molar-refractivity contribution in [2.24, 2.45) is 0 Å². The lowest BCUT2D eigenvalue weighted by atomic mass is 10.2. The van der Waals surface area contributed by atoms with Crippen LogP contribution in [0.15, 0.2) is 24.7 Å². The second kappa shape index (κ2) is 5.13. The third-order valence-electron chi connectivity index (χ3n) is 3.82. The number of nitrogens with two attached hydrogens (primary N) is 1. The van der Waals surface area contributed by atoms with Crippen LogP contribution < -0.4 is 5.73 Å². The first-order valence-corrected chi connectivity index (χ1v) is 10.9. The standard InChI is InChI=1S/C13H13FIN6P/c14-13(1-2-13)7-20-11-3-10(17-4-8(11)5-18-20)12-9(16)6-21(19-12)22-15/h3-6,22H,1-2,7,16H2. The van der Waals surface area contributed by atoms with Crippen LogP contribution in [0.5, 0.6) is 0 Å². The third kappa shape index (κ3) is 2.48. The summed E-state index contributed by atoms with van der Waals surface area (Å²) in [5.74, 6) is 0. The van der Waals surface area contributed by atoms with Crippen molar-refractivity contribution in [1.29, 1.82) is 0 Å². The third-order valence-corrected chi connectivity index (χ3v) is 5.71. The van der Waals surface area contributed by atoms with Crippen molar-refractivity contribution < 1.29 is 4.39 Å². The van der Waals surface area contributed by atoms with Gasteiger partial charge in [0, 0.05) is 11.6 Å². The van der Waals surface area contributed by atoms with E-state index in [1.807, 2.05) is 6.07 Å². The Morgan fingerprint density at radius 3 is 2.91 bits per heavy atom. The van der Waals surface area contributed by atoms with Crippen molar-refractivity contribution in [3.05, 3.63) is 24.7 Å². The normalized spacial score (nSPS) is 16.8. The van der Waals surface area contributed by atoms with Crippen molar-refractivity contribution in [3.63, 3.8) is 0 Å². The summed E-state index contributed by atoms with van der Waals surface area (Å²) < 4.78 is 17.5. The van der Waals surface area contributed by atoms with Crippen molar-refractivity contribution in [2.45, 2.75) is 25.1 Å². The predicted octanol–water partition coefficient (Wildman–Crippen LogP) is 3.17. The van der Waals surface area contributed by atoms with E-state index < -0.39 is 5.67 Å². The topological polar surface area (TPSA) is 74.6 Å². The number of rotatable bonds is 4. The Morgan fingerprint density at radius 1 is 1.41 bits per heavy atom. The molecule has 22 heavy (non-hydrogen) atoms. The van der Waals surface area contributed by atoms with Crippen LogP contribution >= 0.6 is 28.4 Å². The van der Waals surface area contributed by atoms with Gasteiger partial charge < -0.3 is 5.73 Å². The summed E-state index contributed by atoms with van der Waals surface area (Å²) in [6, 6.07) is 1.88. The second-order valence-corrected chi connectivity index (χ2v) is 7.62. The molecule has 0 bridgehead atoms. The molecule has 3 heterocycles. The zero-order valence-electron chi connectivity index (χ0n) is 11.5. The number of pyridine rings is 1. The minimum atomic E-state index is -1.09. The second-order valence-electron chi connectivity index (χ2n) is 5.54. The van der Waals surface area contributed by atoms with Gasteiger partial charge in [-0.15, -0.1) is 0 Å². The fourth-order valence-electron chi connectivity index (χ4n) is 2.42. The van der Waals surface area contributed by atoms with Gasteiger partial charge in [-0.2, -0.15) is 10.2 Å². The number of halogens is 2. The molecule has 0 amide bonds. The fourth-order valence-corrected chi connectivity index (χ4v) is 3.49. The van der Waals surface area contributed by atoms with Crippen LogP contribution in [0, 0.1) is 0 Å². The highest BCUT2D eigenvalue weighted by Gasteiger charge is 2.44. The van der Waals surface area contributed by atoms with Crippen molar-refractivity contribution in [3.8, 4) is 11.4 Å². The lowest BCUT2D eigenvalue weighted by Gasteiger charge is -2.07. The van der Waals surface area contributed by atoms with E-state index in [2.05, 4.69) is 37.2 Å². The molecule has 1 saturated carbocycles. The van der Waals surface area contributed by atoms with Gasteiger partial charge in [-0.25, -0.2) is 8.84 Å². The molecule has 9 heteroatoms. The van der Waals surface area contributed by atoms with Gasteiger partial charge in [0.1, 0.15) is 11.4 Å². The van der Waals surface area contributed by atoms with Gasteiger partial charge in [-0.05, 0) is 40.9 Å². The molecule has 1 fully saturated rings. The number of hydrogen-bond donors (Lipinski definition) is 1. The number of hydrogen-bond acceptors (Lipinski definition) is 4. The van der Waals surface area contributed by atoms with Crippen LogP contribution in [0.25, 0.3) is 22.3 Å². The summed E-state index contributed by atoms with van der Waals surface area (Å²) in [6.45, 7) is 0.291. The molecule has 1 unspecified atom stereocenters. The van der Waals surface area contributed by atoms with Gasteiger partial charge in [0.15, 0.2) is 0 Å². The van der Waals surface area contributed by atoms with Crippen LogP contribution in [0.1, 0.15) is 12.8 Å². The largest absolute Gasteiger partial charge is 0.396 e. The lowest BCUT2D eigenvalue weighted by molar-refractivity contribution is 0.264. The molecule has 2 N–H and O–H groups in total. The maximum atomic E-state index is 14.0. The van der Waals surface area contributed by atoms with Gasteiger partial charge in [0.2, 0.25) is 0 Å². The smallest absolute Gasteiger partial charge is 0.134 e. The molecular formula is C13H13FIN6P. The Bertz CT molecular complexity index is 855. The molecule has 1 aliphatic carbocycles. The number of anilines is 1. The number of nitrogens with zero attached hydrogens (tertiary/aromatic N) is 5. The average Bonchev–Trinajstić information content (AvgIpc) is 2.94. The first-order chi connectivity index (χ1) is 10.6. The monoisotopic (exact) mass is 430 g/mol. The van der Waals surface area contributed by atoms with Crippen LogP contribution in [-0.2, 0) is 6.54 Å². The molecule has 1 aliphatic rings. The van der Waals surface area contributed by atoms with E-state index in [4.69, 9.17) is 5.73 Å².